The molecule has 1 aromatic carbocycles. The van der Waals surface area contributed by atoms with Crippen molar-refractivity contribution in [1.82, 2.24) is 4.90 Å². The number of carbonyl (C=O) groups is 1. The first-order valence-electron chi connectivity index (χ1n) is 7.81. The van der Waals surface area contributed by atoms with E-state index in [0.29, 0.717) is 6.54 Å². The van der Waals surface area contributed by atoms with E-state index in [1.165, 1.54) is 11.1 Å². The van der Waals surface area contributed by atoms with Gasteiger partial charge in [-0.3, -0.25) is 0 Å². The minimum atomic E-state index is -0.258. The van der Waals surface area contributed by atoms with Crippen LogP contribution in [-0.4, -0.2) is 35.7 Å². The Bertz CT molecular complexity index is 502. The third-order valence-corrected chi connectivity index (χ3v) is 4.46. The van der Waals surface area contributed by atoms with Crippen LogP contribution in [-0.2, 0) is 6.42 Å². The molecule has 2 unspecified atom stereocenters. The first-order chi connectivity index (χ1) is 10.0. The lowest BCUT2D eigenvalue weighted by Crippen LogP contribution is -2.37. The highest BCUT2D eigenvalue weighted by Crippen LogP contribution is 2.26. The van der Waals surface area contributed by atoms with Crippen LogP contribution in [0.5, 0.6) is 0 Å². The van der Waals surface area contributed by atoms with Crippen LogP contribution in [0, 0.1) is 12.8 Å². The monoisotopic (exact) mass is 290 g/mol. The van der Waals surface area contributed by atoms with E-state index in [-0.39, 0.29) is 18.1 Å². The Kier molecular flexibility index (Phi) is 5.23. The molecule has 1 aliphatic rings. The highest BCUT2D eigenvalue weighted by Gasteiger charge is 2.27. The molecular weight excluding hydrogens is 264 g/mol. The third-order valence-electron chi connectivity index (χ3n) is 4.46. The first kappa shape index (κ1) is 15.8. The van der Waals surface area contributed by atoms with Gasteiger partial charge in [-0.25, -0.2) is 4.79 Å². The second kappa shape index (κ2) is 6.94. The molecule has 2 rings (SSSR count). The van der Waals surface area contributed by atoms with Gasteiger partial charge in [0.15, 0.2) is 0 Å². The van der Waals surface area contributed by atoms with Gasteiger partial charge in [0.05, 0.1) is 6.10 Å². The minimum Gasteiger partial charge on any atom is -0.393 e. The number of nitrogens with zero attached hydrogens (tertiary/aromatic N) is 1. The smallest absolute Gasteiger partial charge is 0.321 e. The fourth-order valence-electron chi connectivity index (χ4n) is 3.01. The molecular formula is C17H26N2O2. The van der Waals surface area contributed by atoms with Gasteiger partial charge in [-0.05, 0) is 49.4 Å². The maximum Gasteiger partial charge on any atom is 0.321 e. The fraction of sp³-hybridized carbons (Fsp3) is 0.588. The van der Waals surface area contributed by atoms with E-state index in [4.69, 9.17) is 0 Å². The molecule has 1 fully saturated rings. The summed E-state index contributed by atoms with van der Waals surface area (Å²) in [4.78, 5) is 13.9. The molecule has 2 atom stereocenters. The molecule has 0 spiro atoms. The molecule has 0 saturated heterocycles. The molecule has 21 heavy (non-hydrogen) atoms. The van der Waals surface area contributed by atoms with E-state index >= 15 is 0 Å². The highest BCUT2D eigenvalue weighted by atomic mass is 16.3. The van der Waals surface area contributed by atoms with E-state index in [9.17, 15) is 9.90 Å². The summed E-state index contributed by atoms with van der Waals surface area (Å²) in [5.41, 5.74) is 3.33. The molecule has 0 bridgehead atoms. The van der Waals surface area contributed by atoms with Crippen molar-refractivity contribution in [3.63, 3.8) is 0 Å². The van der Waals surface area contributed by atoms with Crippen molar-refractivity contribution in [3.8, 4) is 0 Å². The van der Waals surface area contributed by atoms with Gasteiger partial charge in [-0.2, -0.15) is 0 Å². The Morgan fingerprint density at radius 2 is 2.19 bits per heavy atom. The van der Waals surface area contributed by atoms with Crippen molar-refractivity contribution >= 4 is 11.7 Å². The summed E-state index contributed by atoms with van der Waals surface area (Å²) in [6.07, 6.45) is 3.62. The Morgan fingerprint density at radius 1 is 1.43 bits per heavy atom. The number of aliphatic hydroxyl groups excluding tert-OH is 1. The quantitative estimate of drug-likeness (QED) is 0.895. The van der Waals surface area contributed by atoms with E-state index in [0.717, 1.165) is 31.4 Å². The van der Waals surface area contributed by atoms with Gasteiger partial charge >= 0.3 is 6.03 Å². The number of amides is 2. The highest BCUT2D eigenvalue weighted by molar-refractivity contribution is 5.89. The van der Waals surface area contributed by atoms with Crippen molar-refractivity contribution in [2.45, 2.75) is 45.6 Å². The summed E-state index contributed by atoms with van der Waals surface area (Å²) in [5, 5.41) is 12.8. The van der Waals surface area contributed by atoms with Crippen LogP contribution in [0.4, 0.5) is 10.5 Å². The van der Waals surface area contributed by atoms with E-state index in [2.05, 4.69) is 19.2 Å². The van der Waals surface area contributed by atoms with Crippen molar-refractivity contribution in [2.24, 2.45) is 5.92 Å². The summed E-state index contributed by atoms with van der Waals surface area (Å²) in [7, 11) is 1.79. The molecule has 1 saturated carbocycles. The molecule has 116 valence electrons. The van der Waals surface area contributed by atoms with Crippen molar-refractivity contribution in [1.29, 1.82) is 0 Å². The Labute approximate surface area is 127 Å². The number of rotatable bonds is 4. The number of anilines is 1. The van der Waals surface area contributed by atoms with Crippen LogP contribution in [0.15, 0.2) is 18.2 Å². The Morgan fingerprint density at radius 3 is 2.81 bits per heavy atom. The second-order valence-electron chi connectivity index (χ2n) is 6.06. The molecule has 4 nitrogen and oxygen atoms in total. The summed E-state index contributed by atoms with van der Waals surface area (Å²) in [6, 6.07) is 5.89. The summed E-state index contributed by atoms with van der Waals surface area (Å²) >= 11 is 0. The van der Waals surface area contributed by atoms with Gasteiger partial charge < -0.3 is 15.3 Å². The normalized spacial score (nSPS) is 21.3. The van der Waals surface area contributed by atoms with Crippen molar-refractivity contribution < 1.29 is 9.90 Å². The van der Waals surface area contributed by atoms with Crippen LogP contribution in [0.1, 0.15) is 37.3 Å². The average molecular weight is 290 g/mol. The van der Waals surface area contributed by atoms with Gasteiger partial charge in [-0.1, -0.05) is 19.4 Å². The zero-order chi connectivity index (χ0) is 15.4. The van der Waals surface area contributed by atoms with Crippen LogP contribution >= 0.6 is 0 Å². The molecule has 0 radical (unpaired) electrons. The van der Waals surface area contributed by atoms with Gasteiger partial charge in [-0.15, -0.1) is 0 Å². The molecule has 2 amide bonds. The molecule has 4 heteroatoms. The predicted octanol–water partition coefficient (Wildman–Crippen LogP) is 3.18. The van der Waals surface area contributed by atoms with Gasteiger partial charge in [0, 0.05) is 25.2 Å². The van der Waals surface area contributed by atoms with Crippen molar-refractivity contribution in [3.05, 3.63) is 29.3 Å². The van der Waals surface area contributed by atoms with Crippen LogP contribution < -0.4 is 5.32 Å². The third kappa shape index (κ3) is 3.97. The van der Waals surface area contributed by atoms with E-state index in [1.54, 1.807) is 11.9 Å². The van der Waals surface area contributed by atoms with Crippen LogP contribution in [0.2, 0.25) is 0 Å². The standard InChI is InChI=1S/C17H26N2O2/c1-4-13-10-15(9-8-12(13)2)18-17(21)19(3)11-14-6-5-7-16(14)20/h8-10,14,16,20H,4-7,11H2,1-3H3,(H,18,21). The topological polar surface area (TPSA) is 52.6 Å². The SMILES string of the molecule is CCc1cc(NC(=O)N(C)CC2CCCC2O)ccc1C. The summed E-state index contributed by atoms with van der Waals surface area (Å²) < 4.78 is 0. The molecule has 1 aliphatic carbocycles. The number of urea groups is 1. The lowest BCUT2D eigenvalue weighted by atomic mass is 10.1. The largest absolute Gasteiger partial charge is 0.393 e. The van der Waals surface area contributed by atoms with E-state index in [1.807, 2.05) is 18.2 Å². The van der Waals surface area contributed by atoms with Gasteiger partial charge in [0.25, 0.3) is 0 Å². The van der Waals surface area contributed by atoms with Gasteiger partial charge in [0.1, 0.15) is 0 Å². The predicted molar refractivity (Wildman–Crippen MR) is 85.6 cm³/mol. The number of benzene rings is 1. The van der Waals surface area contributed by atoms with Gasteiger partial charge in [0.2, 0.25) is 0 Å². The average Bonchev–Trinajstić information content (AvgIpc) is 2.86. The lowest BCUT2D eigenvalue weighted by Gasteiger charge is -2.23. The number of hydrogen-bond donors (Lipinski definition) is 2. The zero-order valence-electron chi connectivity index (χ0n) is 13.2. The maximum absolute atomic E-state index is 12.2. The number of nitrogens with one attached hydrogen (secondary N) is 1. The molecule has 0 aliphatic heterocycles. The molecule has 0 aromatic heterocycles. The molecule has 1 aromatic rings. The molecule has 2 N–H and O–H groups in total. The number of hydrogen-bond acceptors (Lipinski definition) is 2. The second-order valence-corrected chi connectivity index (χ2v) is 6.06. The Balaban J connectivity index is 1.94. The first-order valence-corrected chi connectivity index (χ1v) is 7.81. The summed E-state index contributed by atoms with van der Waals surface area (Å²) in [6.45, 7) is 4.80. The maximum atomic E-state index is 12.2. The fourth-order valence-corrected chi connectivity index (χ4v) is 3.01. The van der Waals surface area contributed by atoms with Crippen LogP contribution in [0.25, 0.3) is 0 Å². The van der Waals surface area contributed by atoms with E-state index < -0.39 is 0 Å². The van der Waals surface area contributed by atoms with Crippen LogP contribution in [0.3, 0.4) is 0 Å². The van der Waals surface area contributed by atoms with Crippen molar-refractivity contribution in [2.75, 3.05) is 18.9 Å². The summed E-state index contributed by atoms with van der Waals surface area (Å²) in [5.74, 6) is 0.213. The number of aryl methyl sites for hydroxylation is 2. The Hall–Kier alpha value is -1.55. The number of aliphatic hydroxyl groups is 1. The minimum absolute atomic E-state index is 0.111. The molecule has 0 heterocycles. The zero-order valence-corrected chi connectivity index (χ0v) is 13.2. The lowest BCUT2D eigenvalue weighted by molar-refractivity contribution is 0.116. The number of carbonyl (C=O) groups excluding carboxylic acids is 1.